The van der Waals surface area contributed by atoms with Crippen LogP contribution in [0.25, 0.3) is 124 Å². The van der Waals surface area contributed by atoms with Crippen LogP contribution in [0.15, 0.2) is 251 Å². The average molecular weight is 1420 g/mol. The number of fused-ring (bicyclic) bond motifs is 12. The second-order valence-corrected chi connectivity index (χ2v) is 25.9. The Labute approximate surface area is 517 Å². The summed E-state index contributed by atoms with van der Waals surface area (Å²) >= 11 is 0. The van der Waals surface area contributed by atoms with E-state index >= 15 is 0 Å². The van der Waals surface area contributed by atoms with Gasteiger partial charge in [-0.2, -0.15) is 31.0 Å². The molecule has 0 N–H and O–H groups in total. The molecule has 0 aliphatic rings. The van der Waals surface area contributed by atoms with E-state index in [1.54, 1.807) is 0 Å². The van der Waals surface area contributed by atoms with Gasteiger partial charge in [0.05, 0.1) is 0 Å². The molecule has 14 rings (SSSR count). The molecule has 0 fully saturated rings. The average Bonchev–Trinajstić information content (AvgIpc) is 1.29. The molecule has 0 unspecified atom stereocenters. The van der Waals surface area contributed by atoms with Gasteiger partial charge in [-0.05, 0) is 131 Å². The fraction of sp³-hybridized carbons (Fsp3) is 0.0857. The van der Waals surface area contributed by atoms with Crippen LogP contribution in [0.4, 0.5) is 26.3 Å². The van der Waals surface area contributed by atoms with Crippen LogP contribution >= 0.6 is 8.16 Å². The molecule has 0 aliphatic carbocycles. The summed E-state index contributed by atoms with van der Waals surface area (Å²) < 4.78 is 128. The van der Waals surface area contributed by atoms with Crippen molar-refractivity contribution in [3.63, 3.8) is 0 Å². The fourth-order valence-corrected chi connectivity index (χ4v) is 15.4. The van der Waals surface area contributed by atoms with Crippen LogP contribution < -0.4 is 4.67 Å². The van der Waals surface area contributed by atoms with E-state index in [1.807, 2.05) is 0 Å². The van der Waals surface area contributed by atoms with Crippen molar-refractivity contribution in [3.05, 3.63) is 258 Å². The van der Waals surface area contributed by atoms with Crippen LogP contribution in [0, 0.1) is 0 Å². The van der Waals surface area contributed by atoms with Crippen molar-refractivity contribution in [2.24, 2.45) is 0 Å². The minimum absolute atomic E-state index is 0. The molecule has 1 heterocycles. The molecule has 0 amide bonds. The second-order valence-electron chi connectivity index (χ2n) is 21.2. The first kappa shape index (κ1) is 60.0. The largest absolute Gasteiger partial charge is 1.00 e. The quantitative estimate of drug-likeness (QED) is 0.0804. The Bertz CT molecular complexity index is 4990. The smallest absolute Gasteiger partial charge is 0.421 e. The number of hydrogen-bond donors (Lipinski definition) is 0. The number of halogens is 6. The summed E-state index contributed by atoms with van der Waals surface area (Å²) in [5.41, 5.74) is -4.02. The van der Waals surface area contributed by atoms with Crippen LogP contribution in [0.2, 0.25) is 0 Å². The number of sulfonamides is 2. The number of rotatable bonds is 9. The van der Waals surface area contributed by atoms with Crippen molar-refractivity contribution in [1.29, 1.82) is 0 Å². The van der Waals surface area contributed by atoms with Gasteiger partial charge in [-0.15, -0.1) is 0 Å². The van der Waals surface area contributed by atoms with Crippen molar-refractivity contribution in [2.75, 3.05) is 4.67 Å². The van der Waals surface area contributed by atoms with Crippen molar-refractivity contribution < 1.29 is 74.0 Å². The number of hydrogen-bond acceptors (Lipinski definition) is 7. The van der Waals surface area contributed by atoms with Crippen LogP contribution in [0.1, 0.15) is 37.1 Å². The minimum Gasteiger partial charge on any atom is -0.421 e. The van der Waals surface area contributed by atoms with Gasteiger partial charge in [-0.1, -0.05) is 212 Å². The van der Waals surface area contributed by atoms with Crippen molar-refractivity contribution >= 4 is 126 Å². The molecule has 0 bridgehead atoms. The Morgan fingerprint density at radius 1 is 0.375 bits per heavy atom. The molecule has 14 aromatic rings. The summed E-state index contributed by atoms with van der Waals surface area (Å²) in [6, 6.07) is 88.5. The van der Waals surface area contributed by atoms with Gasteiger partial charge in [0.15, 0.2) is 31.2 Å². The molecular weight excluding hydrogens is 1370 g/mol. The van der Waals surface area contributed by atoms with Gasteiger partial charge in [-0.3, -0.25) is 0 Å². The zero-order valence-corrected chi connectivity index (χ0v) is 51.1. The Morgan fingerprint density at radius 2 is 0.693 bits per heavy atom. The van der Waals surface area contributed by atoms with E-state index in [0.29, 0.717) is 0 Å². The van der Waals surface area contributed by atoms with E-state index in [-0.39, 0.29) is 34.5 Å². The van der Waals surface area contributed by atoms with E-state index in [0.717, 1.165) is 69.9 Å². The molecular formula is C70H48AuF6N2O6PS2. The predicted molar refractivity (Wildman–Crippen MR) is 341 cm³/mol. The molecule has 0 aliphatic heterocycles. The number of nitrogens with zero attached hydrogens (tertiary/aromatic N) is 2. The van der Waals surface area contributed by atoms with Gasteiger partial charge < -0.3 is 12.5 Å². The summed E-state index contributed by atoms with van der Waals surface area (Å²) in [6.07, 6.45) is 0. The topological polar surface area (TPSA) is 112 Å². The zero-order valence-electron chi connectivity index (χ0n) is 46.4. The second kappa shape index (κ2) is 23.3. The summed E-state index contributed by atoms with van der Waals surface area (Å²) in [5, 5.41) is 18.4. The first-order chi connectivity index (χ1) is 41.8. The van der Waals surface area contributed by atoms with E-state index < -0.39 is 39.2 Å². The van der Waals surface area contributed by atoms with E-state index in [9.17, 15) is 43.2 Å². The number of benzene rings is 13. The Morgan fingerprint density at radius 3 is 1.08 bits per heavy atom. The van der Waals surface area contributed by atoms with Gasteiger partial charge in [0.2, 0.25) is 0 Å². The monoisotopic (exact) mass is 1420 g/mol. The maximum atomic E-state index is 11.4. The molecule has 8 nitrogen and oxygen atoms in total. The van der Waals surface area contributed by atoms with Gasteiger partial charge in [0.1, 0.15) is 0 Å². The maximum Gasteiger partial charge on any atom is 1.00 e. The molecule has 0 spiro atoms. The Balaban J connectivity index is 0.000000419. The SMILES string of the molecule is C[C@H](c1ccccc1)N([C@H](C)c1ccc2ccccc2c1)p1oc2c(-c3c4ccccc4cc4ccccc34)cc3ccccc3c2c2c(o1)c(-c1c3ccccc3cc3ccccc13)cc1ccccc12.O=S(=O)([N-]S(=O)(=O)C(F)(F)F)C(F)(F)F.[Au+]. The molecule has 444 valence electrons. The molecule has 13 aromatic carbocycles. The third-order valence-corrected chi connectivity index (χ3v) is 20.5. The van der Waals surface area contributed by atoms with Gasteiger partial charge in [0.25, 0.3) is 0 Å². The van der Waals surface area contributed by atoms with Crippen LogP contribution in [0.5, 0.6) is 0 Å². The third kappa shape index (κ3) is 10.8. The molecule has 1 aromatic heterocycles. The van der Waals surface area contributed by atoms with Crippen molar-refractivity contribution in [3.8, 4) is 22.3 Å². The predicted octanol–water partition coefficient (Wildman–Crippen LogP) is 21.2. The van der Waals surface area contributed by atoms with E-state index in [1.165, 1.54) is 65.0 Å². The van der Waals surface area contributed by atoms with Gasteiger partial charge >= 0.3 is 41.6 Å². The van der Waals surface area contributed by atoms with Crippen molar-refractivity contribution in [2.45, 2.75) is 36.9 Å². The Hall–Kier alpha value is -8.28. The van der Waals surface area contributed by atoms with Gasteiger partial charge in [-0.25, -0.2) is 16.8 Å². The molecule has 2 atom stereocenters. The first-order valence-corrected chi connectivity index (χ1v) is 31.6. The standard InChI is InChI=1S/C68H48NO2P.C2F6NO4S2.Au/c1-43(45-20-4-3-5-21-45)69(44(2)47-37-36-46-22-6-7-23-48(46)38-47)72-70-67-61(63-55-30-14-8-24-49(55)39-50-25-9-15-31-56(50)63)41-53-28-12-18-34-59(53)65(67)66-60-35-19-13-29-54(60)42-62(68(66)71-72)64-57-32-16-10-26-51(57)40-52-27-11-17-33-58(52)64;3-1(4,5)14(10,11)9-15(12,13)2(6,7)8;/h3-44H,1-2H3;;/q;-1;+1/t43-,44-;;/m1../s1. The Kier molecular flexibility index (Phi) is 15.9. The third-order valence-electron chi connectivity index (χ3n) is 16.0. The van der Waals surface area contributed by atoms with Crippen LogP contribution in [0.3, 0.4) is 0 Å². The van der Waals surface area contributed by atoms with E-state index in [4.69, 9.17) is 8.39 Å². The van der Waals surface area contributed by atoms with Crippen LogP contribution in [-0.4, -0.2) is 27.9 Å². The van der Waals surface area contributed by atoms with Gasteiger partial charge in [0, 0.05) is 45.1 Å². The molecule has 0 radical (unpaired) electrons. The summed E-state index contributed by atoms with van der Waals surface area (Å²) in [5.74, 6) is 0. The number of alkyl halides is 6. The fourth-order valence-electron chi connectivity index (χ4n) is 11.9. The minimum atomic E-state index is -6.72. The normalized spacial score (nSPS) is 13.1. The van der Waals surface area contributed by atoms with E-state index in [2.05, 4.69) is 261 Å². The summed E-state index contributed by atoms with van der Waals surface area (Å²) in [7, 11) is -15.4. The molecule has 0 saturated carbocycles. The first-order valence-electron chi connectivity index (χ1n) is 27.5. The van der Waals surface area contributed by atoms with Crippen LogP contribution in [-0.2, 0) is 42.4 Å². The zero-order chi connectivity index (χ0) is 60.6. The molecule has 0 saturated heterocycles. The maximum absolute atomic E-state index is 11.4. The summed E-state index contributed by atoms with van der Waals surface area (Å²) in [6.45, 7) is 4.64. The molecule has 18 heteroatoms. The molecule has 88 heavy (non-hydrogen) atoms. The summed E-state index contributed by atoms with van der Waals surface area (Å²) in [4.78, 5) is 0. The van der Waals surface area contributed by atoms with Crippen molar-refractivity contribution in [1.82, 2.24) is 0 Å².